The van der Waals surface area contributed by atoms with Gasteiger partial charge in [-0.15, -0.1) is 0 Å². The minimum absolute atomic E-state index is 0.121. The lowest BCUT2D eigenvalue weighted by Crippen LogP contribution is -2.27. The number of hydrogen-bond acceptors (Lipinski definition) is 6. The molecule has 1 heterocycles. The first-order valence-electron chi connectivity index (χ1n) is 11.5. The zero-order valence-electron chi connectivity index (χ0n) is 20.9. The zero-order valence-corrected chi connectivity index (χ0v) is 24.1. The summed E-state index contributed by atoms with van der Waals surface area (Å²) in [5, 5.41) is 2.86. The molecular formula is C28H26BrN3O3S2. The second-order valence-electron chi connectivity index (χ2n) is 8.75. The van der Waals surface area contributed by atoms with E-state index < -0.39 is 0 Å². The molecule has 190 valence electrons. The number of ether oxygens (including phenoxy) is 1. The van der Waals surface area contributed by atoms with Crippen molar-refractivity contribution in [3.63, 3.8) is 0 Å². The Balaban J connectivity index is 1.37. The molecule has 0 unspecified atom stereocenters. The van der Waals surface area contributed by atoms with Crippen molar-refractivity contribution >= 4 is 79.2 Å². The summed E-state index contributed by atoms with van der Waals surface area (Å²) >= 11 is 10.2. The molecule has 1 saturated heterocycles. The van der Waals surface area contributed by atoms with Gasteiger partial charge in [-0.1, -0.05) is 36.1 Å². The number of thiocarbonyl (C=S) groups is 1. The second-order valence-corrected chi connectivity index (χ2v) is 11.3. The van der Waals surface area contributed by atoms with E-state index in [1.807, 2.05) is 81.4 Å². The number of aryl methyl sites for hydroxylation is 2. The number of nitrogens with one attached hydrogen (secondary N) is 1. The first kappa shape index (κ1) is 26.9. The molecule has 37 heavy (non-hydrogen) atoms. The molecule has 6 nitrogen and oxygen atoms in total. The van der Waals surface area contributed by atoms with Gasteiger partial charge in [0.1, 0.15) is 5.75 Å². The lowest BCUT2D eigenvalue weighted by molar-refractivity contribution is -0.118. The Kier molecular flexibility index (Phi) is 8.36. The van der Waals surface area contributed by atoms with Crippen molar-refractivity contribution in [2.75, 3.05) is 35.8 Å². The third-order valence-corrected chi connectivity index (χ3v) is 7.78. The average molecular weight is 597 g/mol. The predicted octanol–water partition coefficient (Wildman–Crippen LogP) is 6.56. The Hall–Kier alpha value is -3.14. The number of halogens is 1. The highest BCUT2D eigenvalue weighted by Gasteiger charge is 2.33. The number of hydrogen-bond donors (Lipinski definition) is 1. The van der Waals surface area contributed by atoms with Crippen LogP contribution in [0.25, 0.3) is 6.08 Å². The molecule has 0 aliphatic carbocycles. The summed E-state index contributed by atoms with van der Waals surface area (Å²) in [6.45, 7) is 3.89. The molecule has 0 atom stereocenters. The maximum Gasteiger partial charge on any atom is 0.270 e. The number of anilines is 3. The standard InChI is InChI=1S/C28H26BrN3O3S2/c1-17-13-23(29)24(14-18(17)2)30-26(33)16-35-22-11-5-19(6-12-22)15-25-27(34)32(28(36)37-25)21-9-7-20(8-10-21)31(3)4/h5-15H,16H2,1-4H3,(H,30,33)/b25-15+. The van der Waals surface area contributed by atoms with Gasteiger partial charge in [-0.25, -0.2) is 0 Å². The molecule has 1 aliphatic heterocycles. The van der Waals surface area contributed by atoms with Gasteiger partial charge in [-0.3, -0.25) is 14.5 Å². The van der Waals surface area contributed by atoms with Crippen LogP contribution in [0, 0.1) is 13.8 Å². The normalized spacial score (nSPS) is 14.3. The third-order valence-electron chi connectivity index (χ3n) is 5.82. The molecule has 9 heteroatoms. The van der Waals surface area contributed by atoms with Crippen LogP contribution in [-0.4, -0.2) is 36.8 Å². The van der Waals surface area contributed by atoms with E-state index in [-0.39, 0.29) is 18.4 Å². The zero-order chi connectivity index (χ0) is 26.7. The van der Waals surface area contributed by atoms with Crippen molar-refractivity contribution in [2.45, 2.75) is 13.8 Å². The van der Waals surface area contributed by atoms with Gasteiger partial charge in [0.05, 0.1) is 16.3 Å². The smallest absolute Gasteiger partial charge is 0.270 e. The third kappa shape index (κ3) is 6.41. The molecule has 0 aromatic heterocycles. The molecule has 0 radical (unpaired) electrons. The first-order chi connectivity index (χ1) is 17.6. The maximum atomic E-state index is 13.1. The SMILES string of the molecule is Cc1cc(Br)c(NC(=O)COc2ccc(/C=C3/SC(=S)N(c4ccc(N(C)C)cc4)C3=O)cc2)cc1C. The predicted molar refractivity (Wildman–Crippen MR) is 161 cm³/mol. The summed E-state index contributed by atoms with van der Waals surface area (Å²) < 4.78 is 6.96. The molecular weight excluding hydrogens is 570 g/mol. The highest BCUT2D eigenvalue weighted by Crippen LogP contribution is 2.36. The average Bonchev–Trinajstić information content (AvgIpc) is 3.14. The number of carbonyl (C=O) groups is 2. The molecule has 1 aliphatic rings. The number of amides is 2. The molecule has 3 aromatic carbocycles. The van der Waals surface area contributed by atoms with E-state index in [1.54, 1.807) is 23.1 Å². The Morgan fingerprint density at radius 3 is 2.38 bits per heavy atom. The Morgan fingerprint density at radius 1 is 1.08 bits per heavy atom. The summed E-state index contributed by atoms with van der Waals surface area (Å²) in [4.78, 5) is 29.5. The van der Waals surface area contributed by atoms with Crippen LogP contribution >= 0.6 is 39.9 Å². The maximum absolute atomic E-state index is 13.1. The van der Waals surface area contributed by atoms with Crippen molar-refractivity contribution in [2.24, 2.45) is 0 Å². The minimum Gasteiger partial charge on any atom is -0.484 e. The van der Waals surface area contributed by atoms with Crippen LogP contribution in [0.2, 0.25) is 0 Å². The van der Waals surface area contributed by atoms with E-state index in [1.165, 1.54) is 11.8 Å². The quantitative estimate of drug-likeness (QED) is 0.247. The van der Waals surface area contributed by atoms with Crippen LogP contribution in [0.15, 0.2) is 70.0 Å². The fourth-order valence-corrected chi connectivity index (χ4v) is 5.47. The summed E-state index contributed by atoms with van der Waals surface area (Å²) in [5.74, 6) is 0.150. The number of carbonyl (C=O) groups excluding carboxylic acids is 2. The van der Waals surface area contributed by atoms with Crippen LogP contribution in [0.5, 0.6) is 5.75 Å². The van der Waals surface area contributed by atoms with Crippen molar-refractivity contribution in [3.05, 3.63) is 86.7 Å². The molecule has 0 bridgehead atoms. The highest BCUT2D eigenvalue weighted by atomic mass is 79.9. The second kappa shape index (κ2) is 11.5. The van der Waals surface area contributed by atoms with Crippen LogP contribution in [-0.2, 0) is 9.59 Å². The van der Waals surface area contributed by atoms with E-state index in [4.69, 9.17) is 17.0 Å². The van der Waals surface area contributed by atoms with Crippen molar-refractivity contribution in [1.29, 1.82) is 0 Å². The van der Waals surface area contributed by atoms with Gasteiger partial charge in [-0.05, 0) is 101 Å². The van der Waals surface area contributed by atoms with E-state index in [9.17, 15) is 9.59 Å². The lowest BCUT2D eigenvalue weighted by atomic mass is 10.1. The van der Waals surface area contributed by atoms with Gasteiger partial charge < -0.3 is 15.0 Å². The molecule has 0 saturated carbocycles. The number of benzene rings is 3. The molecule has 3 aromatic rings. The first-order valence-corrected chi connectivity index (χ1v) is 13.5. The topological polar surface area (TPSA) is 61.9 Å². The van der Waals surface area contributed by atoms with E-state index in [0.29, 0.717) is 20.7 Å². The minimum atomic E-state index is -0.254. The van der Waals surface area contributed by atoms with Crippen molar-refractivity contribution < 1.29 is 14.3 Å². The molecule has 1 N–H and O–H groups in total. The fourth-order valence-electron chi connectivity index (χ4n) is 3.61. The monoisotopic (exact) mass is 595 g/mol. The van der Waals surface area contributed by atoms with Gasteiger partial charge in [-0.2, -0.15) is 0 Å². The number of rotatable bonds is 7. The van der Waals surface area contributed by atoms with Gasteiger partial charge in [0.25, 0.3) is 11.8 Å². The summed E-state index contributed by atoms with van der Waals surface area (Å²) in [6.07, 6.45) is 1.81. The molecule has 2 amide bonds. The van der Waals surface area contributed by atoms with Crippen LogP contribution in [0.3, 0.4) is 0 Å². The Morgan fingerprint density at radius 2 is 1.73 bits per heavy atom. The lowest BCUT2D eigenvalue weighted by Gasteiger charge is -2.17. The summed E-state index contributed by atoms with van der Waals surface area (Å²) in [6, 6.07) is 18.8. The van der Waals surface area contributed by atoms with Gasteiger partial charge in [0.15, 0.2) is 10.9 Å². The molecule has 0 spiro atoms. The summed E-state index contributed by atoms with van der Waals surface area (Å²) in [7, 11) is 3.93. The molecule has 4 rings (SSSR count). The van der Waals surface area contributed by atoms with E-state index in [2.05, 4.69) is 21.2 Å². The number of thioether (sulfide) groups is 1. The van der Waals surface area contributed by atoms with Gasteiger partial charge in [0.2, 0.25) is 0 Å². The van der Waals surface area contributed by atoms with Crippen LogP contribution in [0.1, 0.15) is 16.7 Å². The van der Waals surface area contributed by atoms with Crippen LogP contribution in [0.4, 0.5) is 17.1 Å². The number of nitrogens with zero attached hydrogens (tertiary/aromatic N) is 2. The van der Waals surface area contributed by atoms with Crippen LogP contribution < -0.4 is 19.9 Å². The summed E-state index contributed by atoms with van der Waals surface area (Å²) in [5.41, 5.74) is 5.56. The highest BCUT2D eigenvalue weighted by molar-refractivity contribution is 9.10. The largest absolute Gasteiger partial charge is 0.484 e. The Labute approximate surface area is 234 Å². The molecule has 1 fully saturated rings. The Bertz CT molecular complexity index is 1390. The van der Waals surface area contributed by atoms with Crippen molar-refractivity contribution in [1.82, 2.24) is 0 Å². The van der Waals surface area contributed by atoms with Gasteiger partial charge >= 0.3 is 0 Å². The fraction of sp³-hybridized carbons (Fsp3) is 0.179. The van der Waals surface area contributed by atoms with Crippen molar-refractivity contribution in [3.8, 4) is 5.75 Å². The van der Waals surface area contributed by atoms with Gasteiger partial charge in [0, 0.05) is 24.3 Å². The van der Waals surface area contributed by atoms with E-state index >= 15 is 0 Å². The van der Waals surface area contributed by atoms with E-state index in [0.717, 1.165) is 32.5 Å².